The monoisotopic (exact) mass is 209 g/mol. The van der Waals surface area contributed by atoms with Gasteiger partial charge in [-0.05, 0) is 50.2 Å². The fraction of sp³-hybridized carbons (Fsp3) is 0.900. The molecule has 0 bridgehead atoms. The Morgan fingerprint density at radius 3 is 2.40 bits per heavy atom. The molecule has 0 unspecified atom stereocenters. The number of piperidine rings is 1. The Balaban J connectivity index is 1.97. The Hall–Kier alpha value is -0.970. The molecule has 0 atom stereocenters. The summed E-state index contributed by atoms with van der Waals surface area (Å²) < 4.78 is 1.80. The fourth-order valence-electron chi connectivity index (χ4n) is 2.26. The summed E-state index contributed by atoms with van der Waals surface area (Å²) in [5, 5.41) is 11.7. The molecular weight excluding hydrogens is 190 g/mol. The third kappa shape index (κ3) is 2.17. The molecule has 0 aromatic carbocycles. The lowest BCUT2D eigenvalue weighted by Crippen LogP contribution is -2.38. The molecule has 1 aromatic rings. The lowest BCUT2D eigenvalue weighted by Gasteiger charge is -2.33. The third-order valence-corrected chi connectivity index (χ3v) is 3.28. The van der Waals surface area contributed by atoms with E-state index in [1.807, 2.05) is 7.05 Å². The van der Waals surface area contributed by atoms with Crippen LogP contribution in [0.15, 0.2) is 0 Å². The second-order valence-corrected chi connectivity index (χ2v) is 4.56. The Morgan fingerprint density at radius 1 is 1.27 bits per heavy atom. The molecule has 1 aliphatic heterocycles. The van der Waals surface area contributed by atoms with Crippen LogP contribution in [0.1, 0.15) is 38.4 Å². The average Bonchev–Trinajstić information content (AvgIpc) is 2.65. The SMILES string of the molecule is CC(C)N1CCC(c2nnnn2C)CC1. The zero-order chi connectivity index (χ0) is 10.8. The molecule has 0 saturated carbocycles. The van der Waals surface area contributed by atoms with Crippen LogP contribution in [0.2, 0.25) is 0 Å². The Kier molecular flexibility index (Phi) is 3.00. The van der Waals surface area contributed by atoms with E-state index in [2.05, 4.69) is 34.3 Å². The van der Waals surface area contributed by atoms with E-state index in [1.165, 1.54) is 12.8 Å². The van der Waals surface area contributed by atoms with Crippen molar-refractivity contribution in [3.05, 3.63) is 5.82 Å². The van der Waals surface area contributed by atoms with Crippen LogP contribution in [0.25, 0.3) is 0 Å². The van der Waals surface area contributed by atoms with Crippen LogP contribution in [0.3, 0.4) is 0 Å². The summed E-state index contributed by atoms with van der Waals surface area (Å²) in [6.07, 6.45) is 2.35. The number of tetrazole rings is 1. The van der Waals surface area contributed by atoms with E-state index in [-0.39, 0.29) is 0 Å². The standard InChI is InChI=1S/C10H19N5/c1-8(2)15-6-4-9(5-7-15)10-11-12-13-14(10)3/h8-9H,4-7H2,1-3H3. The van der Waals surface area contributed by atoms with Crippen LogP contribution < -0.4 is 0 Å². The number of aryl methyl sites for hydroxylation is 1. The van der Waals surface area contributed by atoms with Gasteiger partial charge in [0.1, 0.15) is 0 Å². The summed E-state index contributed by atoms with van der Waals surface area (Å²) >= 11 is 0. The van der Waals surface area contributed by atoms with Gasteiger partial charge in [0, 0.05) is 19.0 Å². The van der Waals surface area contributed by atoms with Gasteiger partial charge in [0.2, 0.25) is 0 Å². The van der Waals surface area contributed by atoms with Gasteiger partial charge in [-0.15, -0.1) is 5.10 Å². The van der Waals surface area contributed by atoms with Gasteiger partial charge in [-0.25, -0.2) is 4.68 Å². The molecule has 84 valence electrons. The van der Waals surface area contributed by atoms with Crippen LogP contribution in [0.5, 0.6) is 0 Å². The summed E-state index contributed by atoms with van der Waals surface area (Å²) in [7, 11) is 1.92. The molecule has 1 fully saturated rings. The maximum absolute atomic E-state index is 4.09. The lowest BCUT2D eigenvalue weighted by molar-refractivity contribution is 0.168. The molecule has 5 heteroatoms. The molecule has 1 saturated heterocycles. The molecule has 1 aromatic heterocycles. The lowest BCUT2D eigenvalue weighted by atomic mass is 9.95. The highest BCUT2D eigenvalue weighted by Crippen LogP contribution is 2.26. The Bertz CT molecular complexity index is 311. The second kappa shape index (κ2) is 4.26. The molecule has 2 heterocycles. The van der Waals surface area contributed by atoms with Crippen molar-refractivity contribution < 1.29 is 0 Å². The van der Waals surface area contributed by atoms with E-state index in [9.17, 15) is 0 Å². The first-order chi connectivity index (χ1) is 7.18. The highest BCUT2D eigenvalue weighted by Gasteiger charge is 2.25. The highest BCUT2D eigenvalue weighted by molar-refractivity contribution is 4.96. The molecule has 0 radical (unpaired) electrons. The van der Waals surface area contributed by atoms with E-state index in [0.29, 0.717) is 12.0 Å². The first kappa shape index (κ1) is 10.5. The molecule has 2 rings (SSSR count). The summed E-state index contributed by atoms with van der Waals surface area (Å²) in [4.78, 5) is 2.51. The molecule has 0 aliphatic carbocycles. The van der Waals surface area contributed by atoms with E-state index in [4.69, 9.17) is 0 Å². The molecule has 15 heavy (non-hydrogen) atoms. The van der Waals surface area contributed by atoms with Crippen LogP contribution in [0, 0.1) is 0 Å². The number of likely N-dealkylation sites (tertiary alicyclic amines) is 1. The number of hydrogen-bond donors (Lipinski definition) is 0. The van der Waals surface area contributed by atoms with Crippen LogP contribution in [-0.2, 0) is 7.05 Å². The molecule has 0 N–H and O–H groups in total. The van der Waals surface area contributed by atoms with Gasteiger partial charge in [-0.2, -0.15) is 0 Å². The molecule has 1 aliphatic rings. The van der Waals surface area contributed by atoms with Crippen LogP contribution >= 0.6 is 0 Å². The predicted octanol–water partition coefficient (Wildman–Crippen LogP) is 0.798. The largest absolute Gasteiger partial charge is 0.301 e. The van der Waals surface area contributed by atoms with E-state index in [1.54, 1.807) is 4.68 Å². The van der Waals surface area contributed by atoms with Gasteiger partial charge in [-0.3, -0.25) is 0 Å². The first-order valence-corrected chi connectivity index (χ1v) is 5.64. The van der Waals surface area contributed by atoms with E-state index < -0.39 is 0 Å². The minimum absolute atomic E-state index is 0.542. The zero-order valence-corrected chi connectivity index (χ0v) is 9.72. The van der Waals surface area contributed by atoms with Crippen molar-refractivity contribution in [1.29, 1.82) is 0 Å². The van der Waals surface area contributed by atoms with Gasteiger partial charge >= 0.3 is 0 Å². The van der Waals surface area contributed by atoms with Crippen molar-refractivity contribution in [3.8, 4) is 0 Å². The normalized spacial score (nSPS) is 20.0. The van der Waals surface area contributed by atoms with E-state index >= 15 is 0 Å². The fourth-order valence-corrected chi connectivity index (χ4v) is 2.26. The molecule has 0 amide bonds. The van der Waals surface area contributed by atoms with E-state index in [0.717, 1.165) is 18.9 Å². The van der Waals surface area contributed by atoms with Gasteiger partial charge in [-0.1, -0.05) is 0 Å². The van der Waals surface area contributed by atoms with Crippen molar-refractivity contribution >= 4 is 0 Å². The number of rotatable bonds is 2. The third-order valence-electron chi connectivity index (χ3n) is 3.28. The second-order valence-electron chi connectivity index (χ2n) is 4.56. The van der Waals surface area contributed by atoms with Crippen LogP contribution in [0.4, 0.5) is 0 Å². The van der Waals surface area contributed by atoms with Crippen molar-refractivity contribution in [3.63, 3.8) is 0 Å². The van der Waals surface area contributed by atoms with Gasteiger partial charge in [0.25, 0.3) is 0 Å². The summed E-state index contributed by atoms with van der Waals surface area (Å²) in [6.45, 7) is 6.83. The van der Waals surface area contributed by atoms with Gasteiger partial charge in [0.15, 0.2) is 5.82 Å². The molecular formula is C10H19N5. The minimum Gasteiger partial charge on any atom is -0.301 e. The maximum Gasteiger partial charge on any atom is 0.154 e. The average molecular weight is 209 g/mol. The zero-order valence-electron chi connectivity index (χ0n) is 9.72. The van der Waals surface area contributed by atoms with Crippen molar-refractivity contribution in [2.24, 2.45) is 7.05 Å². The number of nitrogens with zero attached hydrogens (tertiary/aromatic N) is 5. The summed E-state index contributed by atoms with van der Waals surface area (Å²) in [6, 6.07) is 0.656. The summed E-state index contributed by atoms with van der Waals surface area (Å²) in [5.74, 6) is 1.58. The molecule has 5 nitrogen and oxygen atoms in total. The van der Waals surface area contributed by atoms with Gasteiger partial charge < -0.3 is 4.90 Å². The van der Waals surface area contributed by atoms with Crippen LogP contribution in [-0.4, -0.2) is 44.2 Å². The van der Waals surface area contributed by atoms with Crippen molar-refractivity contribution in [2.45, 2.75) is 38.6 Å². The first-order valence-electron chi connectivity index (χ1n) is 5.64. The summed E-state index contributed by atoms with van der Waals surface area (Å²) in [5.41, 5.74) is 0. The topological polar surface area (TPSA) is 46.8 Å². The Labute approximate surface area is 90.5 Å². The number of hydrogen-bond acceptors (Lipinski definition) is 4. The highest BCUT2D eigenvalue weighted by atomic mass is 15.5. The molecule has 0 spiro atoms. The Morgan fingerprint density at radius 2 is 1.93 bits per heavy atom. The predicted molar refractivity (Wildman–Crippen MR) is 57.5 cm³/mol. The smallest absolute Gasteiger partial charge is 0.154 e. The quantitative estimate of drug-likeness (QED) is 0.722. The number of aromatic nitrogens is 4. The van der Waals surface area contributed by atoms with Gasteiger partial charge in [0.05, 0.1) is 0 Å². The van der Waals surface area contributed by atoms with Crippen molar-refractivity contribution in [2.75, 3.05) is 13.1 Å². The van der Waals surface area contributed by atoms with Crippen molar-refractivity contribution in [1.82, 2.24) is 25.1 Å². The maximum atomic E-state index is 4.09. The minimum atomic E-state index is 0.542.